The quantitative estimate of drug-likeness (QED) is 0.503. The van der Waals surface area contributed by atoms with Gasteiger partial charge in [-0.15, -0.1) is 0 Å². The molecule has 0 aromatic carbocycles. The summed E-state index contributed by atoms with van der Waals surface area (Å²) in [6, 6.07) is 0. The van der Waals surface area contributed by atoms with Gasteiger partial charge in [-0.3, -0.25) is 4.79 Å². The van der Waals surface area contributed by atoms with Crippen LogP contribution in [0, 0.1) is 5.92 Å². The molecule has 0 heterocycles. The summed E-state index contributed by atoms with van der Waals surface area (Å²) >= 11 is 0. The van der Waals surface area contributed by atoms with Crippen LogP contribution >= 0.6 is 0 Å². The van der Waals surface area contributed by atoms with Gasteiger partial charge in [0.1, 0.15) is 5.78 Å². The van der Waals surface area contributed by atoms with Gasteiger partial charge in [0.25, 0.3) is 0 Å². The summed E-state index contributed by atoms with van der Waals surface area (Å²) in [4.78, 5) is 11.3. The van der Waals surface area contributed by atoms with Crippen molar-refractivity contribution >= 4 is 5.78 Å². The van der Waals surface area contributed by atoms with Crippen LogP contribution in [0.25, 0.3) is 0 Å². The molecule has 0 aliphatic heterocycles. The fourth-order valence-electron chi connectivity index (χ4n) is 1.74. The van der Waals surface area contributed by atoms with Crippen molar-refractivity contribution in [1.82, 2.24) is 0 Å². The number of Topliss-reactive ketones (excluding diaryl/α,β-unsaturated/α-hetero) is 1. The molecule has 0 fully saturated rings. The van der Waals surface area contributed by atoms with E-state index in [-0.39, 0.29) is 0 Å². The van der Waals surface area contributed by atoms with Gasteiger partial charge in [0, 0.05) is 12.3 Å². The monoisotopic (exact) mass is 198 g/mol. The van der Waals surface area contributed by atoms with E-state index in [9.17, 15) is 4.79 Å². The summed E-state index contributed by atoms with van der Waals surface area (Å²) in [6.45, 7) is 6.26. The highest BCUT2D eigenvalue weighted by atomic mass is 16.1. The fourth-order valence-corrected chi connectivity index (χ4v) is 1.74. The molecule has 84 valence electrons. The Balaban J connectivity index is 3.23. The third kappa shape index (κ3) is 7.11. The van der Waals surface area contributed by atoms with Crippen LogP contribution in [0.1, 0.15) is 72.1 Å². The highest BCUT2D eigenvalue weighted by molar-refractivity contribution is 5.80. The van der Waals surface area contributed by atoms with Crippen LogP contribution in [-0.4, -0.2) is 5.78 Å². The van der Waals surface area contributed by atoms with E-state index >= 15 is 0 Å². The predicted molar refractivity (Wildman–Crippen MR) is 62.5 cm³/mol. The topological polar surface area (TPSA) is 17.1 Å². The highest BCUT2D eigenvalue weighted by Crippen LogP contribution is 2.13. The van der Waals surface area contributed by atoms with Crippen LogP contribution in [0.3, 0.4) is 0 Å². The van der Waals surface area contributed by atoms with Crippen molar-refractivity contribution in [3.8, 4) is 0 Å². The molecule has 1 atom stereocenters. The van der Waals surface area contributed by atoms with E-state index in [1.54, 1.807) is 0 Å². The van der Waals surface area contributed by atoms with E-state index in [2.05, 4.69) is 13.8 Å². The SMILES string of the molecule is CCCCCCCCC(C)C(=O)CC. The van der Waals surface area contributed by atoms with Crippen LogP contribution in [0.2, 0.25) is 0 Å². The molecular weight excluding hydrogens is 172 g/mol. The highest BCUT2D eigenvalue weighted by Gasteiger charge is 2.09. The molecule has 0 saturated heterocycles. The Morgan fingerprint density at radius 1 is 1.00 bits per heavy atom. The molecule has 0 spiro atoms. The Morgan fingerprint density at radius 3 is 2.14 bits per heavy atom. The van der Waals surface area contributed by atoms with Crippen molar-refractivity contribution in [2.45, 2.75) is 72.1 Å². The normalized spacial score (nSPS) is 12.8. The molecule has 0 saturated carbocycles. The standard InChI is InChI=1S/C13H26O/c1-4-6-7-8-9-10-11-12(3)13(14)5-2/h12H,4-11H2,1-3H3. The lowest BCUT2D eigenvalue weighted by atomic mass is 9.97. The van der Waals surface area contributed by atoms with E-state index in [1.807, 2.05) is 6.92 Å². The van der Waals surface area contributed by atoms with Gasteiger partial charge in [-0.25, -0.2) is 0 Å². The maximum atomic E-state index is 11.3. The molecule has 0 amide bonds. The first kappa shape index (κ1) is 13.7. The molecule has 0 aromatic heterocycles. The minimum absolute atomic E-state index is 0.297. The molecule has 1 unspecified atom stereocenters. The largest absolute Gasteiger partial charge is 0.299 e. The van der Waals surface area contributed by atoms with Crippen LogP contribution < -0.4 is 0 Å². The molecule has 0 radical (unpaired) electrons. The Morgan fingerprint density at radius 2 is 1.57 bits per heavy atom. The van der Waals surface area contributed by atoms with Gasteiger partial charge in [0.2, 0.25) is 0 Å². The summed E-state index contributed by atoms with van der Waals surface area (Å²) in [7, 11) is 0. The fraction of sp³-hybridized carbons (Fsp3) is 0.923. The third-order valence-electron chi connectivity index (χ3n) is 2.89. The van der Waals surface area contributed by atoms with Gasteiger partial charge < -0.3 is 0 Å². The van der Waals surface area contributed by atoms with E-state index in [4.69, 9.17) is 0 Å². The second-order valence-electron chi connectivity index (χ2n) is 4.28. The van der Waals surface area contributed by atoms with Gasteiger partial charge >= 0.3 is 0 Å². The maximum Gasteiger partial charge on any atom is 0.135 e. The summed E-state index contributed by atoms with van der Waals surface area (Å²) in [5, 5.41) is 0. The Kier molecular flexibility index (Phi) is 9.02. The molecule has 1 nitrogen and oxygen atoms in total. The third-order valence-corrected chi connectivity index (χ3v) is 2.89. The lowest BCUT2D eigenvalue weighted by Crippen LogP contribution is -2.08. The van der Waals surface area contributed by atoms with Crippen LogP contribution in [-0.2, 0) is 4.79 Å². The zero-order chi connectivity index (χ0) is 10.8. The minimum atomic E-state index is 0.297. The second-order valence-corrected chi connectivity index (χ2v) is 4.28. The summed E-state index contributed by atoms with van der Waals surface area (Å²) in [5.41, 5.74) is 0. The van der Waals surface area contributed by atoms with Crippen molar-refractivity contribution < 1.29 is 4.79 Å². The minimum Gasteiger partial charge on any atom is -0.299 e. The Labute approximate surface area is 89.3 Å². The average molecular weight is 198 g/mol. The lowest BCUT2D eigenvalue weighted by molar-refractivity contribution is -0.122. The Bertz CT molecular complexity index is 140. The number of ketones is 1. The molecule has 0 aliphatic rings. The second kappa shape index (κ2) is 9.23. The van der Waals surface area contributed by atoms with Crippen LogP contribution in [0.15, 0.2) is 0 Å². The van der Waals surface area contributed by atoms with E-state index < -0.39 is 0 Å². The Hall–Kier alpha value is -0.330. The van der Waals surface area contributed by atoms with Crippen molar-refractivity contribution in [3.05, 3.63) is 0 Å². The smallest absolute Gasteiger partial charge is 0.135 e. The number of hydrogen-bond acceptors (Lipinski definition) is 1. The predicted octanol–water partition coefficient (Wildman–Crippen LogP) is 4.35. The number of unbranched alkanes of at least 4 members (excludes halogenated alkanes) is 5. The summed E-state index contributed by atoms with van der Waals surface area (Å²) in [6.07, 6.45) is 9.73. The van der Waals surface area contributed by atoms with Gasteiger partial charge in [0.05, 0.1) is 0 Å². The molecule has 14 heavy (non-hydrogen) atoms. The van der Waals surface area contributed by atoms with Gasteiger partial charge in [-0.05, 0) is 6.42 Å². The average Bonchev–Trinajstić information content (AvgIpc) is 2.21. The van der Waals surface area contributed by atoms with E-state index in [1.165, 1.54) is 38.5 Å². The molecule has 0 bridgehead atoms. The van der Waals surface area contributed by atoms with E-state index in [0.29, 0.717) is 18.1 Å². The maximum absolute atomic E-state index is 11.3. The van der Waals surface area contributed by atoms with Gasteiger partial charge in [-0.1, -0.05) is 59.3 Å². The van der Waals surface area contributed by atoms with Gasteiger partial charge in [0.15, 0.2) is 0 Å². The summed E-state index contributed by atoms with van der Waals surface area (Å²) < 4.78 is 0. The molecule has 1 heteroatoms. The van der Waals surface area contributed by atoms with E-state index in [0.717, 1.165) is 6.42 Å². The van der Waals surface area contributed by atoms with Crippen LogP contribution in [0.4, 0.5) is 0 Å². The summed E-state index contributed by atoms with van der Waals surface area (Å²) in [5.74, 6) is 0.727. The molecule has 0 aliphatic carbocycles. The molecule has 0 N–H and O–H groups in total. The van der Waals surface area contributed by atoms with Crippen molar-refractivity contribution in [3.63, 3.8) is 0 Å². The first-order valence-corrected chi connectivity index (χ1v) is 6.25. The zero-order valence-electron chi connectivity index (χ0n) is 10.1. The van der Waals surface area contributed by atoms with Crippen molar-refractivity contribution in [2.75, 3.05) is 0 Å². The molecular formula is C13H26O. The molecule has 0 rings (SSSR count). The zero-order valence-corrected chi connectivity index (χ0v) is 10.1. The lowest BCUT2D eigenvalue weighted by Gasteiger charge is -2.08. The van der Waals surface area contributed by atoms with Crippen LogP contribution in [0.5, 0.6) is 0 Å². The molecule has 0 aromatic rings. The first-order chi connectivity index (χ1) is 6.72. The van der Waals surface area contributed by atoms with Crippen molar-refractivity contribution in [1.29, 1.82) is 0 Å². The van der Waals surface area contributed by atoms with Gasteiger partial charge in [-0.2, -0.15) is 0 Å². The van der Waals surface area contributed by atoms with Crippen molar-refractivity contribution in [2.24, 2.45) is 5.92 Å². The number of rotatable bonds is 9. The number of carbonyl (C=O) groups excluding carboxylic acids is 1. The number of hydrogen-bond donors (Lipinski definition) is 0. The first-order valence-electron chi connectivity index (χ1n) is 6.25. The number of carbonyl (C=O) groups is 1.